The minimum Gasteiger partial charge on any atom is -0.493 e. The van der Waals surface area contributed by atoms with Crippen LogP contribution in [0, 0.1) is 10.1 Å². The molecule has 148 valence electrons. The molecule has 0 fully saturated rings. The van der Waals surface area contributed by atoms with E-state index in [-0.39, 0.29) is 17.4 Å². The Balaban J connectivity index is 1.97. The fourth-order valence-electron chi connectivity index (χ4n) is 3.71. The molecule has 0 saturated carbocycles. The molecule has 2 heterocycles. The van der Waals surface area contributed by atoms with Gasteiger partial charge in [0.25, 0.3) is 0 Å². The highest BCUT2D eigenvalue weighted by molar-refractivity contribution is 7.10. The Bertz CT molecular complexity index is 1150. The van der Waals surface area contributed by atoms with Gasteiger partial charge in [0.2, 0.25) is 6.54 Å². The summed E-state index contributed by atoms with van der Waals surface area (Å²) in [6, 6.07) is 17.5. The molecule has 0 bridgehead atoms. The van der Waals surface area contributed by atoms with Gasteiger partial charge in [0, 0.05) is 31.8 Å². The van der Waals surface area contributed by atoms with Crippen LogP contribution in [0.1, 0.15) is 16.4 Å². The number of aromatic nitrogens is 1. The second-order valence-corrected chi connectivity index (χ2v) is 7.59. The number of methoxy groups -OCH3 is 2. The van der Waals surface area contributed by atoms with Crippen molar-refractivity contribution in [3.05, 3.63) is 80.5 Å². The minimum absolute atomic E-state index is 0.178. The molecular formula is C22H20N2O4S. The fourth-order valence-corrected chi connectivity index (χ4v) is 4.54. The van der Waals surface area contributed by atoms with Crippen molar-refractivity contribution in [2.45, 2.75) is 5.92 Å². The lowest BCUT2D eigenvalue weighted by Gasteiger charge is -2.15. The first kappa shape index (κ1) is 19.0. The Morgan fingerprint density at radius 1 is 1.07 bits per heavy atom. The Morgan fingerprint density at radius 2 is 1.86 bits per heavy atom. The molecule has 0 saturated heterocycles. The molecule has 4 rings (SSSR count). The van der Waals surface area contributed by atoms with E-state index in [1.54, 1.807) is 14.2 Å². The molecule has 2 aromatic carbocycles. The molecule has 6 nitrogen and oxygen atoms in total. The number of nitrogens with one attached hydrogen (secondary N) is 1. The van der Waals surface area contributed by atoms with Crippen molar-refractivity contribution in [2.24, 2.45) is 0 Å². The summed E-state index contributed by atoms with van der Waals surface area (Å²) in [5, 5.41) is 14.5. The molecule has 1 N–H and O–H groups in total. The molecule has 2 aromatic heterocycles. The molecule has 4 aromatic rings. The zero-order valence-corrected chi connectivity index (χ0v) is 16.9. The number of nitrogens with zero attached hydrogens (tertiary/aromatic N) is 1. The average molecular weight is 408 g/mol. The lowest BCUT2D eigenvalue weighted by atomic mass is 9.92. The van der Waals surface area contributed by atoms with Gasteiger partial charge in [-0.05, 0) is 35.7 Å². The van der Waals surface area contributed by atoms with Crippen LogP contribution in [0.2, 0.25) is 0 Å². The van der Waals surface area contributed by atoms with Gasteiger partial charge in [-0.15, -0.1) is 11.3 Å². The number of benzene rings is 2. The van der Waals surface area contributed by atoms with Crippen LogP contribution in [-0.4, -0.2) is 30.7 Å². The minimum atomic E-state index is -0.357. The summed E-state index contributed by atoms with van der Waals surface area (Å²) in [7, 11) is 3.19. The number of hydrogen-bond acceptors (Lipinski definition) is 5. The summed E-state index contributed by atoms with van der Waals surface area (Å²) >= 11 is 1.53. The number of para-hydroxylation sites is 1. The number of nitro groups is 1. The van der Waals surface area contributed by atoms with Crippen molar-refractivity contribution in [1.82, 2.24) is 4.98 Å². The Labute approximate surface area is 171 Å². The second kappa shape index (κ2) is 7.97. The van der Waals surface area contributed by atoms with E-state index in [1.165, 1.54) is 11.3 Å². The van der Waals surface area contributed by atoms with E-state index < -0.39 is 0 Å². The maximum Gasteiger partial charge on any atom is 0.215 e. The summed E-state index contributed by atoms with van der Waals surface area (Å²) in [6.45, 7) is -0.178. The van der Waals surface area contributed by atoms with Crippen molar-refractivity contribution in [2.75, 3.05) is 20.8 Å². The van der Waals surface area contributed by atoms with Crippen LogP contribution in [0.4, 0.5) is 0 Å². The van der Waals surface area contributed by atoms with E-state index in [0.29, 0.717) is 11.5 Å². The van der Waals surface area contributed by atoms with Crippen LogP contribution in [0.25, 0.3) is 22.2 Å². The van der Waals surface area contributed by atoms with Crippen LogP contribution < -0.4 is 9.47 Å². The smallest absolute Gasteiger partial charge is 0.215 e. The monoisotopic (exact) mass is 408 g/mol. The van der Waals surface area contributed by atoms with Crippen molar-refractivity contribution < 1.29 is 14.4 Å². The topological polar surface area (TPSA) is 77.4 Å². The van der Waals surface area contributed by atoms with Gasteiger partial charge in [-0.25, -0.2) is 0 Å². The third-order valence-electron chi connectivity index (χ3n) is 4.99. The number of hydrogen-bond donors (Lipinski definition) is 1. The van der Waals surface area contributed by atoms with Gasteiger partial charge in [0.15, 0.2) is 11.5 Å². The number of rotatable bonds is 7. The maximum absolute atomic E-state index is 11.5. The quantitative estimate of drug-likeness (QED) is 0.331. The van der Waals surface area contributed by atoms with Gasteiger partial charge in [0.05, 0.1) is 25.8 Å². The van der Waals surface area contributed by atoms with Crippen LogP contribution >= 0.6 is 11.3 Å². The first-order valence-electron chi connectivity index (χ1n) is 9.10. The average Bonchev–Trinajstić information content (AvgIpc) is 3.39. The zero-order valence-electron chi connectivity index (χ0n) is 16.0. The molecule has 0 aliphatic rings. The van der Waals surface area contributed by atoms with Crippen molar-refractivity contribution >= 4 is 22.2 Å². The SMILES string of the molecule is COc1ccc(-c2[nH]c3ccccc3c2C(C[N+](=O)[O-])c2cccs2)cc1OC. The van der Waals surface area contributed by atoms with E-state index in [9.17, 15) is 10.1 Å². The van der Waals surface area contributed by atoms with E-state index >= 15 is 0 Å². The molecule has 0 radical (unpaired) electrons. The lowest BCUT2D eigenvalue weighted by molar-refractivity contribution is -0.481. The zero-order chi connectivity index (χ0) is 20.4. The van der Waals surface area contributed by atoms with Crippen LogP contribution in [0.15, 0.2) is 60.0 Å². The fraction of sp³-hybridized carbons (Fsp3) is 0.182. The molecule has 1 unspecified atom stereocenters. The summed E-state index contributed by atoms with van der Waals surface area (Å²) in [5.74, 6) is 0.884. The van der Waals surface area contributed by atoms with Crippen LogP contribution in [0.5, 0.6) is 11.5 Å². The summed E-state index contributed by atoms with van der Waals surface area (Å²) in [4.78, 5) is 15.7. The highest BCUT2D eigenvalue weighted by Gasteiger charge is 2.28. The standard InChI is InChI=1S/C22H20N2O4S/c1-27-18-10-9-14(12-19(18)28-2)22-21(15-6-3-4-7-17(15)23-22)16(13-24(25)26)20-8-5-11-29-20/h3-12,16,23H,13H2,1-2H3. The van der Waals surface area contributed by atoms with Crippen molar-refractivity contribution in [3.8, 4) is 22.8 Å². The normalized spacial score (nSPS) is 12.1. The van der Waals surface area contributed by atoms with Gasteiger partial charge in [-0.2, -0.15) is 0 Å². The van der Waals surface area contributed by atoms with Crippen LogP contribution in [-0.2, 0) is 0 Å². The largest absolute Gasteiger partial charge is 0.493 e. The number of ether oxygens (including phenoxy) is 2. The first-order chi connectivity index (χ1) is 14.1. The molecule has 0 spiro atoms. The van der Waals surface area contributed by atoms with E-state index in [4.69, 9.17) is 9.47 Å². The van der Waals surface area contributed by atoms with Gasteiger partial charge in [-0.1, -0.05) is 24.3 Å². The van der Waals surface area contributed by atoms with Crippen molar-refractivity contribution in [1.29, 1.82) is 0 Å². The van der Waals surface area contributed by atoms with Gasteiger partial charge in [-0.3, -0.25) is 10.1 Å². The Kier molecular flexibility index (Phi) is 5.22. The molecule has 0 aliphatic carbocycles. The Morgan fingerprint density at radius 3 is 2.55 bits per heavy atom. The predicted octanol–water partition coefficient (Wildman–Crippen LogP) is 5.32. The number of thiophene rings is 1. The molecule has 1 atom stereocenters. The van der Waals surface area contributed by atoms with E-state index in [0.717, 1.165) is 32.6 Å². The third kappa shape index (κ3) is 3.56. The lowest BCUT2D eigenvalue weighted by Crippen LogP contribution is -2.13. The van der Waals surface area contributed by atoms with Gasteiger partial charge >= 0.3 is 0 Å². The van der Waals surface area contributed by atoms with Gasteiger partial charge < -0.3 is 14.5 Å². The molecule has 0 amide bonds. The van der Waals surface area contributed by atoms with Crippen LogP contribution in [0.3, 0.4) is 0 Å². The third-order valence-corrected chi connectivity index (χ3v) is 5.97. The number of fused-ring (bicyclic) bond motifs is 1. The Hall–Kier alpha value is -3.32. The summed E-state index contributed by atoms with van der Waals surface area (Å²) < 4.78 is 10.8. The molecule has 7 heteroatoms. The molecule has 29 heavy (non-hydrogen) atoms. The summed E-state index contributed by atoms with van der Waals surface area (Å²) in [5.41, 5.74) is 3.61. The van der Waals surface area contributed by atoms with Gasteiger partial charge in [0.1, 0.15) is 0 Å². The number of aromatic amines is 1. The maximum atomic E-state index is 11.5. The predicted molar refractivity (Wildman–Crippen MR) is 115 cm³/mol. The molecule has 0 aliphatic heterocycles. The van der Waals surface area contributed by atoms with E-state index in [1.807, 2.05) is 60.0 Å². The molecular weight excluding hydrogens is 388 g/mol. The first-order valence-corrected chi connectivity index (χ1v) is 9.98. The van der Waals surface area contributed by atoms with E-state index in [2.05, 4.69) is 4.98 Å². The number of H-pyrrole nitrogens is 1. The highest BCUT2D eigenvalue weighted by atomic mass is 32.1. The second-order valence-electron chi connectivity index (χ2n) is 6.61. The summed E-state index contributed by atoms with van der Waals surface area (Å²) in [6.07, 6.45) is 0. The highest BCUT2D eigenvalue weighted by Crippen LogP contribution is 2.42. The van der Waals surface area contributed by atoms with Crippen molar-refractivity contribution in [3.63, 3.8) is 0 Å².